The minimum atomic E-state index is -1.49. The molecule has 0 aliphatic rings. The molecule has 0 aliphatic heterocycles. The molecular weight excluding hydrogens is 274 g/mol. The first-order valence-electron chi connectivity index (χ1n) is 6.55. The van der Waals surface area contributed by atoms with Crippen LogP contribution < -0.4 is 16.0 Å². The smallest absolute Gasteiger partial charge is 0.319 e. The Balaban J connectivity index is 2.50. The van der Waals surface area contributed by atoms with Gasteiger partial charge in [-0.2, -0.15) is 0 Å². The van der Waals surface area contributed by atoms with Crippen LogP contribution in [0, 0.1) is 0 Å². The van der Waals surface area contributed by atoms with Gasteiger partial charge in [-0.25, -0.2) is 4.79 Å². The third-order valence-corrected chi connectivity index (χ3v) is 2.73. The number of hydrogen-bond acceptors (Lipinski definition) is 4. The minimum Gasteiger partial charge on any atom is -0.481 e. The lowest BCUT2D eigenvalue weighted by atomic mass is 10.0. The summed E-state index contributed by atoms with van der Waals surface area (Å²) in [5, 5.41) is 26.5. The van der Waals surface area contributed by atoms with E-state index in [2.05, 4.69) is 16.0 Å². The molecule has 0 aromatic heterocycles. The van der Waals surface area contributed by atoms with Gasteiger partial charge >= 0.3 is 12.0 Å². The Morgan fingerprint density at radius 3 is 2.67 bits per heavy atom. The molecule has 0 saturated carbocycles. The maximum absolute atomic E-state index is 11.7. The number of aliphatic carboxylic acids is 1. The van der Waals surface area contributed by atoms with Gasteiger partial charge in [0.2, 0.25) is 0 Å². The molecule has 1 rings (SSSR count). The lowest BCUT2D eigenvalue weighted by Gasteiger charge is -2.21. The minimum absolute atomic E-state index is 0.151. The summed E-state index contributed by atoms with van der Waals surface area (Å²) in [4.78, 5) is 22.3. The summed E-state index contributed by atoms with van der Waals surface area (Å²) in [7, 11) is 1.83. The maximum Gasteiger partial charge on any atom is 0.319 e. The number of aliphatic hydroxyl groups is 1. The van der Waals surface area contributed by atoms with Gasteiger partial charge in [-0.05, 0) is 31.7 Å². The second-order valence-corrected chi connectivity index (χ2v) is 5.11. The number of rotatable bonds is 7. The van der Waals surface area contributed by atoms with Crippen LogP contribution in [0.4, 0.5) is 10.5 Å². The molecule has 0 saturated heterocycles. The number of nitrogens with one attached hydrogen (secondary N) is 3. The zero-order valence-corrected chi connectivity index (χ0v) is 12.1. The highest BCUT2D eigenvalue weighted by atomic mass is 16.4. The summed E-state index contributed by atoms with van der Waals surface area (Å²) in [6, 6.07) is 6.82. The monoisotopic (exact) mass is 295 g/mol. The van der Waals surface area contributed by atoms with Gasteiger partial charge in [0.25, 0.3) is 0 Å². The molecule has 1 aromatic carbocycles. The van der Waals surface area contributed by atoms with Crippen molar-refractivity contribution >= 4 is 17.7 Å². The number of benzene rings is 1. The predicted octanol–water partition coefficient (Wildman–Crippen LogP) is 0.753. The van der Waals surface area contributed by atoms with Crippen molar-refractivity contribution in [2.24, 2.45) is 0 Å². The fraction of sp³-hybridized carbons (Fsp3) is 0.429. The van der Waals surface area contributed by atoms with Gasteiger partial charge in [-0.3, -0.25) is 4.79 Å². The first kappa shape index (κ1) is 16.9. The molecule has 0 heterocycles. The van der Waals surface area contributed by atoms with Crippen LogP contribution >= 0.6 is 0 Å². The summed E-state index contributed by atoms with van der Waals surface area (Å²) in [5.74, 6) is -1.12. The number of carbonyl (C=O) groups excluding carboxylic acids is 1. The van der Waals surface area contributed by atoms with Crippen molar-refractivity contribution < 1.29 is 19.8 Å². The van der Waals surface area contributed by atoms with E-state index in [1.165, 1.54) is 6.92 Å². The molecule has 0 bridgehead atoms. The van der Waals surface area contributed by atoms with E-state index in [1.54, 1.807) is 6.07 Å². The summed E-state index contributed by atoms with van der Waals surface area (Å²) in [6.07, 6.45) is -0.440. The van der Waals surface area contributed by atoms with Crippen LogP contribution in [0.5, 0.6) is 0 Å². The molecule has 0 spiro atoms. The molecule has 7 heteroatoms. The highest BCUT2D eigenvalue weighted by Gasteiger charge is 2.24. The number of carboxylic acid groups (broad SMARTS) is 1. The standard InChI is InChI=1S/C14H21N3O4/c1-14(21,7-12(18)19)9-16-13(20)17-11-5-3-4-10(6-11)8-15-2/h3-6,15,21H,7-9H2,1-2H3,(H,18,19)(H2,16,17,20). The van der Waals surface area contributed by atoms with Crippen LogP contribution in [-0.2, 0) is 11.3 Å². The van der Waals surface area contributed by atoms with Crippen molar-refractivity contribution in [1.29, 1.82) is 0 Å². The molecule has 1 aromatic rings. The fourth-order valence-electron chi connectivity index (χ4n) is 1.80. The van der Waals surface area contributed by atoms with E-state index >= 15 is 0 Å². The van der Waals surface area contributed by atoms with Crippen molar-refractivity contribution in [3.8, 4) is 0 Å². The van der Waals surface area contributed by atoms with Gasteiger partial charge in [-0.15, -0.1) is 0 Å². The van der Waals surface area contributed by atoms with E-state index in [0.29, 0.717) is 12.2 Å². The maximum atomic E-state index is 11.7. The van der Waals surface area contributed by atoms with Crippen molar-refractivity contribution in [1.82, 2.24) is 10.6 Å². The molecule has 0 fully saturated rings. The quantitative estimate of drug-likeness (QED) is 0.510. The van der Waals surface area contributed by atoms with Crippen molar-refractivity contribution in [3.63, 3.8) is 0 Å². The zero-order chi connectivity index (χ0) is 15.9. The Labute approximate surface area is 123 Å². The highest BCUT2D eigenvalue weighted by Crippen LogP contribution is 2.11. The second kappa shape index (κ2) is 7.61. The summed E-state index contributed by atoms with van der Waals surface area (Å²) < 4.78 is 0. The molecule has 0 radical (unpaired) electrons. The van der Waals surface area contributed by atoms with Crippen molar-refractivity contribution in [2.45, 2.75) is 25.5 Å². The molecule has 1 atom stereocenters. The molecule has 1 unspecified atom stereocenters. The van der Waals surface area contributed by atoms with Crippen molar-refractivity contribution in [3.05, 3.63) is 29.8 Å². The van der Waals surface area contributed by atoms with Gasteiger partial charge in [0.05, 0.1) is 12.0 Å². The van der Waals surface area contributed by atoms with E-state index in [9.17, 15) is 14.7 Å². The van der Waals surface area contributed by atoms with Gasteiger partial charge in [0.1, 0.15) is 0 Å². The largest absolute Gasteiger partial charge is 0.481 e. The number of hydrogen-bond donors (Lipinski definition) is 5. The second-order valence-electron chi connectivity index (χ2n) is 5.11. The van der Waals surface area contributed by atoms with Gasteiger partial charge < -0.3 is 26.2 Å². The third-order valence-electron chi connectivity index (χ3n) is 2.73. The first-order chi connectivity index (χ1) is 9.82. The van der Waals surface area contributed by atoms with E-state index in [-0.39, 0.29) is 6.54 Å². The SMILES string of the molecule is CNCc1cccc(NC(=O)NCC(C)(O)CC(=O)O)c1. The molecule has 0 aliphatic carbocycles. The normalized spacial score (nSPS) is 13.3. The number of urea groups is 1. The molecule has 7 nitrogen and oxygen atoms in total. The number of amides is 2. The van der Waals surface area contributed by atoms with Crippen molar-refractivity contribution in [2.75, 3.05) is 18.9 Å². The molecule has 21 heavy (non-hydrogen) atoms. The Morgan fingerprint density at radius 1 is 1.33 bits per heavy atom. The average Bonchev–Trinajstić information content (AvgIpc) is 2.36. The Bertz CT molecular complexity index is 503. The molecule has 116 valence electrons. The van der Waals surface area contributed by atoms with Gasteiger partial charge in [-0.1, -0.05) is 12.1 Å². The van der Waals surface area contributed by atoms with Crippen LogP contribution in [0.1, 0.15) is 18.9 Å². The number of carboxylic acids is 1. The Morgan fingerprint density at radius 2 is 2.05 bits per heavy atom. The van der Waals surface area contributed by atoms with E-state index < -0.39 is 24.0 Å². The molecular formula is C14H21N3O4. The first-order valence-corrected chi connectivity index (χ1v) is 6.55. The van der Waals surface area contributed by atoms with Crippen LogP contribution in [-0.4, -0.2) is 41.4 Å². The molecule has 5 N–H and O–H groups in total. The van der Waals surface area contributed by atoms with Gasteiger partial charge in [0.15, 0.2) is 0 Å². The predicted molar refractivity (Wildman–Crippen MR) is 79.1 cm³/mol. The van der Waals surface area contributed by atoms with Crippen LogP contribution in [0.2, 0.25) is 0 Å². The lowest BCUT2D eigenvalue weighted by molar-refractivity contribution is -0.141. The summed E-state index contributed by atoms with van der Waals surface area (Å²) in [6.45, 7) is 1.89. The van der Waals surface area contributed by atoms with E-state index in [1.807, 2.05) is 25.2 Å². The molecule has 2 amide bonds. The fourth-order valence-corrected chi connectivity index (χ4v) is 1.80. The summed E-state index contributed by atoms with van der Waals surface area (Å²) in [5.41, 5.74) is 0.156. The average molecular weight is 295 g/mol. The number of carbonyl (C=O) groups is 2. The lowest BCUT2D eigenvalue weighted by Crippen LogP contribution is -2.43. The van der Waals surface area contributed by atoms with Crippen LogP contribution in [0.15, 0.2) is 24.3 Å². The third kappa shape index (κ3) is 6.73. The zero-order valence-electron chi connectivity index (χ0n) is 12.1. The Kier molecular flexibility index (Phi) is 6.13. The van der Waals surface area contributed by atoms with Crippen LogP contribution in [0.25, 0.3) is 0 Å². The van der Waals surface area contributed by atoms with Crippen LogP contribution in [0.3, 0.4) is 0 Å². The highest BCUT2D eigenvalue weighted by molar-refractivity contribution is 5.89. The van der Waals surface area contributed by atoms with E-state index in [4.69, 9.17) is 5.11 Å². The van der Waals surface area contributed by atoms with Gasteiger partial charge in [0, 0.05) is 18.8 Å². The van der Waals surface area contributed by atoms with E-state index in [0.717, 1.165) is 5.56 Å². The topological polar surface area (TPSA) is 111 Å². The number of anilines is 1. The Hall–Kier alpha value is -2.12. The summed E-state index contributed by atoms with van der Waals surface area (Å²) >= 11 is 0.